The van der Waals surface area contributed by atoms with Crippen molar-refractivity contribution in [3.63, 3.8) is 0 Å². The maximum atomic E-state index is 11.6. The fraction of sp³-hybridized carbons (Fsp3) is 0.389. The van der Waals surface area contributed by atoms with Crippen LogP contribution in [0.1, 0.15) is 41.5 Å². The molecule has 0 aliphatic carbocycles. The largest absolute Gasteiger partial charge is 0.295 e. The van der Waals surface area contributed by atoms with Gasteiger partial charge in [0.15, 0.2) is 5.78 Å². The Balaban J connectivity index is 5.57. The molecule has 120 valence electrons. The highest BCUT2D eigenvalue weighted by molar-refractivity contribution is 6.29. The summed E-state index contributed by atoms with van der Waals surface area (Å²) in [6.45, 7) is 11.0. The first-order valence-electron chi connectivity index (χ1n) is 7.08. The molecule has 0 aromatic carbocycles. The van der Waals surface area contributed by atoms with E-state index in [2.05, 4.69) is 9.98 Å². The highest BCUT2D eigenvalue weighted by atomic mass is 35.5. The van der Waals surface area contributed by atoms with Crippen LogP contribution in [0, 0.1) is 0 Å². The topological polar surface area (TPSA) is 41.8 Å². The van der Waals surface area contributed by atoms with Crippen molar-refractivity contribution in [3.05, 3.63) is 46.1 Å². The van der Waals surface area contributed by atoms with Crippen LogP contribution in [0.5, 0.6) is 0 Å². The summed E-state index contributed by atoms with van der Waals surface area (Å²) in [7, 11) is 1.69. The number of halogens is 1. The molecule has 0 unspecified atom stereocenters. The van der Waals surface area contributed by atoms with Gasteiger partial charge in [-0.25, -0.2) is 4.99 Å². The molecule has 0 aliphatic heterocycles. The summed E-state index contributed by atoms with van der Waals surface area (Å²) in [5.74, 6) is 0.627. The Morgan fingerprint density at radius 1 is 0.955 bits per heavy atom. The zero-order chi connectivity index (χ0) is 17.3. The lowest BCUT2D eigenvalue weighted by Crippen LogP contribution is -2.03. The van der Waals surface area contributed by atoms with Crippen LogP contribution in [0.2, 0.25) is 0 Å². The third kappa shape index (κ3) is 8.53. The zero-order valence-electron chi connectivity index (χ0n) is 14.5. The molecule has 3 nitrogen and oxygen atoms in total. The minimum Gasteiger partial charge on any atom is -0.295 e. The molecule has 0 fully saturated rings. The van der Waals surface area contributed by atoms with E-state index in [-0.39, 0.29) is 5.78 Å². The molecule has 4 heteroatoms. The summed E-state index contributed by atoms with van der Waals surface area (Å²) in [6, 6.07) is 0. The molecule has 0 aliphatic rings. The number of aliphatic imine (C=N–C) groups is 2. The van der Waals surface area contributed by atoms with Crippen molar-refractivity contribution in [3.8, 4) is 0 Å². The lowest BCUT2D eigenvalue weighted by molar-refractivity contribution is -0.113. The number of allylic oxidation sites excluding steroid dienone is 7. The summed E-state index contributed by atoms with van der Waals surface area (Å²) in [5.41, 5.74) is 3.33. The molecular formula is C18H25ClN2O. The quantitative estimate of drug-likeness (QED) is 0.302. The second-order valence-electron chi connectivity index (χ2n) is 5.28. The molecular weight excluding hydrogens is 296 g/mol. The Labute approximate surface area is 138 Å². The molecule has 22 heavy (non-hydrogen) atoms. The van der Waals surface area contributed by atoms with Gasteiger partial charge in [-0.2, -0.15) is 0 Å². The lowest BCUT2D eigenvalue weighted by Gasteiger charge is -2.02. The molecule has 0 saturated heterocycles. The molecule has 0 rings (SSSR count). The van der Waals surface area contributed by atoms with Crippen molar-refractivity contribution in [2.75, 3.05) is 7.05 Å². The van der Waals surface area contributed by atoms with Crippen molar-refractivity contribution in [1.82, 2.24) is 0 Å². The summed E-state index contributed by atoms with van der Waals surface area (Å²) in [6.07, 6.45) is 7.29. The van der Waals surface area contributed by atoms with Crippen LogP contribution in [0.15, 0.2) is 56.0 Å². The second-order valence-corrected chi connectivity index (χ2v) is 5.88. The van der Waals surface area contributed by atoms with Crippen LogP contribution in [-0.2, 0) is 4.79 Å². The molecule has 0 aromatic rings. The van der Waals surface area contributed by atoms with E-state index in [0.29, 0.717) is 16.4 Å². The third-order valence-electron chi connectivity index (χ3n) is 2.62. The Kier molecular flexibility index (Phi) is 9.27. The standard InChI is InChI=1S/C18H25ClN2O/c1-12(2)10-17(16(6)22)11-15(5)21-18(20-7)13(3)8-9-14(4)19/h8-11H,1-7H3/b13-8+,14-9+,17-11+,20-18?,21-15?. The van der Waals surface area contributed by atoms with E-state index in [4.69, 9.17) is 11.6 Å². The highest BCUT2D eigenvalue weighted by Crippen LogP contribution is 2.07. The monoisotopic (exact) mass is 320 g/mol. The number of amidine groups is 1. The molecule has 0 saturated carbocycles. The molecule has 0 radical (unpaired) electrons. The van der Waals surface area contributed by atoms with Crippen LogP contribution in [-0.4, -0.2) is 24.4 Å². The Hall–Kier alpha value is -1.74. The number of hydrogen-bond donors (Lipinski definition) is 0. The molecule has 0 bridgehead atoms. The van der Waals surface area contributed by atoms with Crippen molar-refractivity contribution in [2.45, 2.75) is 41.5 Å². The Bertz CT molecular complexity index is 595. The number of nitrogens with zero attached hydrogens (tertiary/aromatic N) is 2. The minimum atomic E-state index is 0.0127. The predicted molar refractivity (Wildman–Crippen MR) is 98.0 cm³/mol. The normalized spacial score (nSPS) is 15.0. The van der Waals surface area contributed by atoms with Gasteiger partial charge in [0, 0.05) is 23.4 Å². The Morgan fingerprint density at radius 3 is 1.95 bits per heavy atom. The molecule has 0 aromatic heterocycles. The third-order valence-corrected chi connectivity index (χ3v) is 2.75. The van der Waals surface area contributed by atoms with Gasteiger partial charge in [-0.1, -0.05) is 29.3 Å². The first kappa shape index (κ1) is 20.3. The van der Waals surface area contributed by atoms with Crippen LogP contribution >= 0.6 is 11.6 Å². The Morgan fingerprint density at radius 2 is 1.55 bits per heavy atom. The smallest absolute Gasteiger partial charge is 0.159 e. The van der Waals surface area contributed by atoms with Gasteiger partial charge in [0.2, 0.25) is 0 Å². The number of Topliss-reactive ketones (excluding diaryl/α,β-unsaturated/α-hetero) is 1. The number of ketones is 1. The van der Waals surface area contributed by atoms with Crippen molar-refractivity contribution in [1.29, 1.82) is 0 Å². The van der Waals surface area contributed by atoms with Gasteiger partial charge in [-0.3, -0.25) is 9.79 Å². The summed E-state index contributed by atoms with van der Waals surface area (Å²) in [5, 5.41) is 0.692. The van der Waals surface area contributed by atoms with Gasteiger partial charge in [-0.05, 0) is 59.3 Å². The van der Waals surface area contributed by atoms with Gasteiger partial charge >= 0.3 is 0 Å². The van der Waals surface area contributed by atoms with Gasteiger partial charge in [0.25, 0.3) is 0 Å². The van der Waals surface area contributed by atoms with Crippen LogP contribution in [0.4, 0.5) is 0 Å². The lowest BCUT2D eigenvalue weighted by atomic mass is 10.1. The SMILES string of the molecule is CN=C(N=C(C)/C=C(\C=C(C)C)C(C)=O)/C(C)=C/C=C(\C)Cl. The van der Waals surface area contributed by atoms with Crippen LogP contribution in [0.25, 0.3) is 0 Å². The average Bonchev–Trinajstić information content (AvgIpc) is 2.40. The molecule has 0 atom stereocenters. The maximum Gasteiger partial charge on any atom is 0.159 e. The zero-order valence-corrected chi connectivity index (χ0v) is 15.2. The first-order valence-corrected chi connectivity index (χ1v) is 7.45. The van der Waals surface area contributed by atoms with Crippen molar-refractivity contribution < 1.29 is 4.79 Å². The second kappa shape index (κ2) is 10.1. The molecule has 0 heterocycles. The fourth-order valence-corrected chi connectivity index (χ4v) is 1.67. The number of hydrogen-bond acceptors (Lipinski definition) is 2. The number of carbonyl (C=O) groups is 1. The van der Waals surface area contributed by atoms with Crippen molar-refractivity contribution >= 4 is 28.9 Å². The van der Waals surface area contributed by atoms with Crippen molar-refractivity contribution in [2.24, 2.45) is 9.98 Å². The fourth-order valence-electron chi connectivity index (χ4n) is 1.61. The highest BCUT2D eigenvalue weighted by Gasteiger charge is 2.03. The summed E-state index contributed by atoms with van der Waals surface area (Å²) < 4.78 is 0. The first-order chi connectivity index (χ1) is 10.2. The van der Waals surface area contributed by atoms with Crippen LogP contribution in [0.3, 0.4) is 0 Å². The molecule has 0 N–H and O–H groups in total. The molecule has 0 spiro atoms. The van der Waals surface area contributed by atoms with E-state index in [0.717, 1.165) is 16.9 Å². The van der Waals surface area contributed by atoms with Gasteiger partial charge in [0.05, 0.1) is 0 Å². The predicted octanol–water partition coefficient (Wildman–Crippen LogP) is 5.05. The van der Waals surface area contributed by atoms with Gasteiger partial charge in [0.1, 0.15) is 5.84 Å². The number of carbonyl (C=O) groups excluding carboxylic acids is 1. The van der Waals surface area contributed by atoms with Gasteiger partial charge < -0.3 is 0 Å². The van der Waals surface area contributed by atoms with E-state index in [1.54, 1.807) is 26.1 Å². The number of rotatable bonds is 5. The van der Waals surface area contributed by atoms with E-state index < -0.39 is 0 Å². The van der Waals surface area contributed by atoms with E-state index in [1.807, 2.05) is 46.8 Å². The molecule has 0 amide bonds. The minimum absolute atomic E-state index is 0.0127. The van der Waals surface area contributed by atoms with E-state index in [1.165, 1.54) is 0 Å². The summed E-state index contributed by atoms with van der Waals surface area (Å²) >= 11 is 5.81. The maximum absolute atomic E-state index is 11.6. The average molecular weight is 321 g/mol. The van der Waals surface area contributed by atoms with E-state index >= 15 is 0 Å². The van der Waals surface area contributed by atoms with E-state index in [9.17, 15) is 4.79 Å². The summed E-state index contributed by atoms with van der Waals surface area (Å²) in [4.78, 5) is 20.3. The van der Waals surface area contributed by atoms with Gasteiger partial charge in [-0.15, -0.1) is 0 Å². The van der Waals surface area contributed by atoms with Crippen LogP contribution < -0.4 is 0 Å².